The van der Waals surface area contributed by atoms with Gasteiger partial charge in [0.25, 0.3) is 5.69 Å². The van der Waals surface area contributed by atoms with Crippen LogP contribution in [-0.2, 0) is 0 Å². The zero-order chi connectivity index (χ0) is 14.4. The van der Waals surface area contributed by atoms with Crippen LogP contribution in [0.25, 0.3) is 0 Å². The average Bonchev–Trinajstić information content (AvgIpc) is 2.39. The van der Waals surface area contributed by atoms with Crippen LogP contribution in [0.1, 0.15) is 13.8 Å². The molecular weight excluding hydrogens is 250 g/mol. The Hall–Kier alpha value is -1.86. The normalized spacial score (nSPS) is 13.7. The van der Waals surface area contributed by atoms with Crippen LogP contribution in [0.4, 0.5) is 17.1 Å². The van der Waals surface area contributed by atoms with Crippen LogP contribution < -0.4 is 10.6 Å². The zero-order valence-electron chi connectivity index (χ0n) is 11.0. The number of aliphatic hydroxyl groups is 2. The van der Waals surface area contributed by atoms with Crippen molar-refractivity contribution in [3.05, 3.63) is 28.3 Å². The van der Waals surface area contributed by atoms with E-state index < -0.39 is 4.92 Å². The van der Waals surface area contributed by atoms with Crippen LogP contribution in [0.2, 0.25) is 0 Å². The van der Waals surface area contributed by atoms with Crippen LogP contribution in [0.15, 0.2) is 18.2 Å². The molecule has 4 N–H and O–H groups in total. The van der Waals surface area contributed by atoms with Gasteiger partial charge in [-0.3, -0.25) is 10.1 Å². The van der Waals surface area contributed by atoms with Gasteiger partial charge >= 0.3 is 0 Å². The summed E-state index contributed by atoms with van der Waals surface area (Å²) in [6, 6.07) is 4.21. The lowest BCUT2D eigenvalue weighted by Crippen LogP contribution is -2.21. The maximum Gasteiger partial charge on any atom is 0.294 e. The van der Waals surface area contributed by atoms with Crippen LogP contribution >= 0.6 is 0 Å². The smallest absolute Gasteiger partial charge is 0.294 e. The minimum atomic E-state index is -0.485. The van der Waals surface area contributed by atoms with Crippen molar-refractivity contribution >= 4 is 17.1 Å². The van der Waals surface area contributed by atoms with E-state index in [4.69, 9.17) is 10.2 Å². The largest absolute Gasteiger partial charge is 0.394 e. The Morgan fingerprint density at radius 2 is 1.79 bits per heavy atom. The van der Waals surface area contributed by atoms with E-state index in [1.165, 1.54) is 6.07 Å². The Morgan fingerprint density at radius 1 is 1.21 bits per heavy atom. The van der Waals surface area contributed by atoms with Gasteiger partial charge in [-0.1, -0.05) is 0 Å². The number of benzene rings is 1. The Morgan fingerprint density at radius 3 is 2.32 bits per heavy atom. The number of nitrogens with zero attached hydrogens (tertiary/aromatic N) is 1. The minimum absolute atomic E-state index is 0.0602. The summed E-state index contributed by atoms with van der Waals surface area (Å²) < 4.78 is 0. The molecule has 0 saturated heterocycles. The highest BCUT2D eigenvalue weighted by molar-refractivity contribution is 5.68. The van der Waals surface area contributed by atoms with Crippen LogP contribution in [0, 0.1) is 10.1 Å². The van der Waals surface area contributed by atoms with Gasteiger partial charge in [0.2, 0.25) is 0 Å². The third kappa shape index (κ3) is 4.38. The van der Waals surface area contributed by atoms with Gasteiger partial charge in [-0.25, -0.2) is 0 Å². The number of hydrogen-bond donors (Lipinski definition) is 4. The first-order chi connectivity index (χ1) is 8.97. The predicted molar refractivity (Wildman–Crippen MR) is 73.4 cm³/mol. The second-order valence-electron chi connectivity index (χ2n) is 4.44. The zero-order valence-corrected chi connectivity index (χ0v) is 11.0. The van der Waals surface area contributed by atoms with E-state index in [9.17, 15) is 10.1 Å². The number of rotatable bonds is 7. The van der Waals surface area contributed by atoms with Gasteiger partial charge in [-0.05, 0) is 26.0 Å². The van der Waals surface area contributed by atoms with E-state index in [1.54, 1.807) is 26.0 Å². The van der Waals surface area contributed by atoms with E-state index >= 15 is 0 Å². The molecule has 0 saturated carbocycles. The molecule has 0 spiro atoms. The highest BCUT2D eigenvalue weighted by Gasteiger charge is 2.16. The van der Waals surface area contributed by atoms with Crippen molar-refractivity contribution in [2.24, 2.45) is 0 Å². The Kier molecular flexibility index (Phi) is 5.53. The fourth-order valence-corrected chi connectivity index (χ4v) is 1.54. The van der Waals surface area contributed by atoms with E-state index in [1.807, 2.05) is 0 Å². The molecule has 19 heavy (non-hydrogen) atoms. The molecule has 1 rings (SSSR count). The van der Waals surface area contributed by atoms with Crippen LogP contribution in [0.5, 0.6) is 0 Å². The molecule has 0 aliphatic carbocycles. The third-order valence-corrected chi connectivity index (χ3v) is 2.56. The topological polar surface area (TPSA) is 108 Å². The van der Waals surface area contributed by atoms with E-state index in [-0.39, 0.29) is 31.0 Å². The van der Waals surface area contributed by atoms with Crippen molar-refractivity contribution in [2.45, 2.75) is 25.9 Å². The van der Waals surface area contributed by atoms with Crippen molar-refractivity contribution in [1.29, 1.82) is 0 Å². The minimum Gasteiger partial charge on any atom is -0.394 e. The molecule has 0 fully saturated rings. The molecular formula is C12H19N3O4. The standard InChI is InChI=1S/C12H19N3O4/c1-8(6-16)13-10-3-4-11(14-9(2)7-17)12(5-10)15(18)19/h3-5,8-9,13-14,16-17H,6-7H2,1-2H3. The number of aliphatic hydroxyl groups excluding tert-OH is 2. The maximum absolute atomic E-state index is 11.0. The lowest BCUT2D eigenvalue weighted by atomic mass is 10.2. The van der Waals surface area contributed by atoms with Gasteiger partial charge in [0.05, 0.1) is 18.1 Å². The van der Waals surface area contributed by atoms with Crippen molar-refractivity contribution in [1.82, 2.24) is 0 Å². The van der Waals surface area contributed by atoms with Crippen molar-refractivity contribution < 1.29 is 15.1 Å². The quantitative estimate of drug-likeness (QED) is 0.437. The summed E-state index contributed by atoms with van der Waals surface area (Å²) in [7, 11) is 0. The molecule has 0 aromatic heterocycles. The molecule has 0 bridgehead atoms. The molecule has 0 aliphatic heterocycles. The first-order valence-electron chi connectivity index (χ1n) is 6.01. The number of anilines is 2. The molecule has 1 aromatic rings. The molecule has 1 aromatic carbocycles. The van der Waals surface area contributed by atoms with Crippen LogP contribution in [0.3, 0.4) is 0 Å². The van der Waals surface area contributed by atoms with Gasteiger partial charge in [-0.2, -0.15) is 0 Å². The fraction of sp³-hybridized carbons (Fsp3) is 0.500. The summed E-state index contributed by atoms with van der Waals surface area (Å²) in [6.45, 7) is 3.32. The lowest BCUT2D eigenvalue weighted by Gasteiger charge is -2.15. The SMILES string of the molecule is CC(CO)Nc1ccc(NC(C)CO)c([N+](=O)[O-])c1. The summed E-state index contributed by atoms with van der Waals surface area (Å²) in [5, 5.41) is 34.7. The first kappa shape index (κ1) is 15.2. The average molecular weight is 269 g/mol. The third-order valence-electron chi connectivity index (χ3n) is 2.56. The number of nitro benzene ring substituents is 1. The lowest BCUT2D eigenvalue weighted by molar-refractivity contribution is -0.383. The number of nitrogens with one attached hydrogen (secondary N) is 2. The summed E-state index contributed by atoms with van der Waals surface area (Å²) in [5.74, 6) is 0. The molecule has 7 heteroatoms. The predicted octanol–water partition coefficient (Wildman–Crippen LogP) is 1.18. The Balaban J connectivity index is 2.97. The molecule has 0 aliphatic rings. The molecule has 0 heterocycles. The van der Waals surface area contributed by atoms with Crippen molar-refractivity contribution in [2.75, 3.05) is 23.8 Å². The number of nitro groups is 1. The van der Waals surface area contributed by atoms with Gasteiger partial charge in [0.1, 0.15) is 5.69 Å². The highest BCUT2D eigenvalue weighted by Crippen LogP contribution is 2.28. The molecule has 0 amide bonds. The molecule has 7 nitrogen and oxygen atoms in total. The van der Waals surface area contributed by atoms with Gasteiger partial charge < -0.3 is 20.8 Å². The molecule has 2 atom stereocenters. The molecule has 2 unspecified atom stereocenters. The summed E-state index contributed by atoms with van der Waals surface area (Å²) in [5.41, 5.74) is 0.847. The molecule has 106 valence electrons. The van der Waals surface area contributed by atoms with Crippen LogP contribution in [-0.4, -0.2) is 40.4 Å². The monoisotopic (exact) mass is 269 g/mol. The van der Waals surface area contributed by atoms with E-state index in [0.29, 0.717) is 11.4 Å². The fourth-order valence-electron chi connectivity index (χ4n) is 1.54. The van der Waals surface area contributed by atoms with Crippen molar-refractivity contribution in [3.8, 4) is 0 Å². The van der Waals surface area contributed by atoms with Gasteiger partial charge in [0, 0.05) is 23.8 Å². The van der Waals surface area contributed by atoms with Gasteiger partial charge in [0.15, 0.2) is 0 Å². The van der Waals surface area contributed by atoms with Gasteiger partial charge in [-0.15, -0.1) is 0 Å². The Bertz CT molecular complexity index is 439. The number of hydrogen-bond acceptors (Lipinski definition) is 6. The summed E-state index contributed by atoms with van der Waals surface area (Å²) in [4.78, 5) is 10.5. The Labute approximate surface area is 111 Å². The highest BCUT2D eigenvalue weighted by atomic mass is 16.6. The second kappa shape index (κ2) is 6.91. The summed E-state index contributed by atoms with van der Waals surface area (Å²) in [6.07, 6.45) is 0. The van der Waals surface area contributed by atoms with E-state index in [2.05, 4.69) is 10.6 Å². The van der Waals surface area contributed by atoms with E-state index in [0.717, 1.165) is 0 Å². The maximum atomic E-state index is 11.0. The molecule has 0 radical (unpaired) electrons. The summed E-state index contributed by atoms with van der Waals surface area (Å²) >= 11 is 0. The first-order valence-corrected chi connectivity index (χ1v) is 6.01. The van der Waals surface area contributed by atoms with Crippen molar-refractivity contribution in [3.63, 3.8) is 0 Å². The second-order valence-corrected chi connectivity index (χ2v) is 4.44.